The quantitative estimate of drug-likeness (QED) is 0.362. The second kappa shape index (κ2) is 9.53. The van der Waals surface area contributed by atoms with Crippen molar-refractivity contribution in [2.24, 2.45) is 0 Å². The van der Waals surface area contributed by atoms with E-state index < -0.39 is 5.91 Å². The second-order valence-electron chi connectivity index (χ2n) is 6.71. The molecule has 33 heavy (non-hydrogen) atoms. The summed E-state index contributed by atoms with van der Waals surface area (Å²) in [4.78, 5) is 26.7. The monoisotopic (exact) mass is 487 g/mol. The summed E-state index contributed by atoms with van der Waals surface area (Å²) >= 11 is 12.8. The molecule has 4 aromatic rings. The van der Waals surface area contributed by atoms with E-state index in [9.17, 15) is 4.79 Å². The van der Waals surface area contributed by atoms with Gasteiger partial charge in [0.2, 0.25) is 5.78 Å². The van der Waals surface area contributed by atoms with E-state index in [0.717, 1.165) is 0 Å². The van der Waals surface area contributed by atoms with Crippen LogP contribution in [0.3, 0.4) is 0 Å². The van der Waals surface area contributed by atoms with E-state index in [-0.39, 0.29) is 5.56 Å². The van der Waals surface area contributed by atoms with Gasteiger partial charge in [0.1, 0.15) is 23.0 Å². The molecule has 0 aliphatic heterocycles. The second-order valence-corrected chi connectivity index (χ2v) is 7.52. The Morgan fingerprint density at radius 2 is 1.82 bits per heavy atom. The van der Waals surface area contributed by atoms with Crippen LogP contribution < -0.4 is 20.3 Å². The molecule has 0 spiro atoms. The molecule has 2 N–H and O–H groups in total. The van der Waals surface area contributed by atoms with Crippen molar-refractivity contribution in [3.63, 3.8) is 0 Å². The summed E-state index contributed by atoms with van der Waals surface area (Å²) in [5.74, 6) is 1.11. The van der Waals surface area contributed by atoms with Crippen LogP contribution >= 0.6 is 23.2 Å². The summed E-state index contributed by atoms with van der Waals surface area (Å²) < 4.78 is 12.7. The SMILES string of the molecule is CONC(=O)c1cc(OC)cc(OC)c1-c1nc2ncccn2c1Nc1c(Cl)cccc1Cl. The van der Waals surface area contributed by atoms with Crippen LogP contribution in [-0.4, -0.2) is 41.6 Å². The van der Waals surface area contributed by atoms with Gasteiger partial charge in [-0.15, -0.1) is 0 Å². The fraction of sp³-hybridized carbons (Fsp3) is 0.136. The lowest BCUT2D eigenvalue weighted by Gasteiger charge is -2.16. The van der Waals surface area contributed by atoms with Crippen molar-refractivity contribution < 1.29 is 19.1 Å². The number of carbonyl (C=O) groups excluding carboxylic acids is 1. The maximum Gasteiger partial charge on any atom is 0.275 e. The number of carbonyl (C=O) groups is 1. The number of hydrogen-bond donors (Lipinski definition) is 2. The summed E-state index contributed by atoms with van der Waals surface area (Å²) in [5, 5.41) is 4.07. The molecular formula is C22H19Cl2N5O4. The van der Waals surface area contributed by atoms with E-state index in [1.165, 1.54) is 21.3 Å². The van der Waals surface area contributed by atoms with Crippen molar-refractivity contribution in [1.82, 2.24) is 19.8 Å². The maximum absolute atomic E-state index is 12.9. The Balaban J connectivity index is 2.03. The van der Waals surface area contributed by atoms with Gasteiger partial charge in [-0.3, -0.25) is 14.0 Å². The van der Waals surface area contributed by atoms with Gasteiger partial charge in [-0.1, -0.05) is 29.3 Å². The number of benzene rings is 2. The minimum atomic E-state index is -0.517. The summed E-state index contributed by atoms with van der Waals surface area (Å²) in [6, 6.07) is 10.1. The van der Waals surface area contributed by atoms with Gasteiger partial charge in [-0.2, -0.15) is 0 Å². The number of imidazole rings is 1. The number of hydroxylamine groups is 1. The van der Waals surface area contributed by atoms with Crippen molar-refractivity contribution in [2.45, 2.75) is 0 Å². The molecule has 2 aromatic carbocycles. The Bertz CT molecular complexity index is 1320. The van der Waals surface area contributed by atoms with Gasteiger partial charge < -0.3 is 14.8 Å². The molecule has 4 rings (SSSR count). The number of para-hydroxylation sites is 1. The first-order chi connectivity index (χ1) is 16.0. The Kier molecular flexibility index (Phi) is 6.55. The highest BCUT2D eigenvalue weighted by atomic mass is 35.5. The number of fused-ring (bicyclic) bond motifs is 1. The number of nitrogens with zero attached hydrogens (tertiary/aromatic N) is 3. The molecule has 0 aliphatic carbocycles. The third-order valence-corrected chi connectivity index (χ3v) is 5.45. The average molecular weight is 488 g/mol. The fourth-order valence-corrected chi connectivity index (χ4v) is 3.85. The lowest BCUT2D eigenvalue weighted by molar-refractivity contribution is 0.0538. The zero-order valence-electron chi connectivity index (χ0n) is 17.8. The van der Waals surface area contributed by atoms with Gasteiger partial charge in [0.25, 0.3) is 5.91 Å². The van der Waals surface area contributed by atoms with Crippen molar-refractivity contribution >= 4 is 46.4 Å². The smallest absolute Gasteiger partial charge is 0.275 e. The predicted octanol–water partition coefficient (Wildman–Crippen LogP) is 4.76. The first kappa shape index (κ1) is 22.7. The molecule has 2 aromatic heterocycles. The van der Waals surface area contributed by atoms with E-state index in [4.69, 9.17) is 37.5 Å². The zero-order valence-corrected chi connectivity index (χ0v) is 19.4. The van der Waals surface area contributed by atoms with Gasteiger partial charge in [0.05, 0.1) is 48.2 Å². The van der Waals surface area contributed by atoms with Crippen LogP contribution in [0.15, 0.2) is 48.8 Å². The normalized spacial score (nSPS) is 10.8. The highest BCUT2D eigenvalue weighted by Crippen LogP contribution is 2.42. The fourth-order valence-electron chi connectivity index (χ4n) is 3.36. The zero-order chi connectivity index (χ0) is 23.5. The molecule has 170 valence electrons. The van der Waals surface area contributed by atoms with Crippen molar-refractivity contribution in [3.8, 4) is 22.8 Å². The molecule has 0 saturated heterocycles. The maximum atomic E-state index is 12.9. The van der Waals surface area contributed by atoms with E-state index in [0.29, 0.717) is 50.1 Å². The summed E-state index contributed by atoms with van der Waals surface area (Å²) in [6.07, 6.45) is 3.39. The number of ether oxygens (including phenoxy) is 2. The molecule has 0 saturated carbocycles. The van der Waals surface area contributed by atoms with Crippen LogP contribution in [-0.2, 0) is 4.84 Å². The molecule has 2 heterocycles. The summed E-state index contributed by atoms with van der Waals surface area (Å²) in [6.45, 7) is 0. The Hall–Kier alpha value is -3.53. The number of anilines is 2. The molecule has 0 bridgehead atoms. The average Bonchev–Trinajstić information content (AvgIpc) is 3.18. The number of halogens is 2. The molecule has 0 aliphatic rings. The number of methoxy groups -OCH3 is 2. The Morgan fingerprint density at radius 3 is 2.48 bits per heavy atom. The topological polar surface area (TPSA) is 99.0 Å². The number of nitrogens with one attached hydrogen (secondary N) is 2. The summed E-state index contributed by atoms with van der Waals surface area (Å²) in [5.41, 5.74) is 3.79. The minimum absolute atomic E-state index is 0.213. The third kappa shape index (κ3) is 4.25. The molecule has 11 heteroatoms. The standard InChI is InChI=1S/C22H19Cl2N5O4/c1-31-12-10-13(21(30)28-33-3)17(16(11-12)32-2)19-20(29-9-5-8-25-22(29)27-19)26-18-14(23)6-4-7-15(18)24/h4-11,26H,1-3H3,(H,28,30). The van der Waals surface area contributed by atoms with Crippen LogP contribution in [0.25, 0.3) is 17.0 Å². The van der Waals surface area contributed by atoms with Crippen LogP contribution in [0.5, 0.6) is 11.5 Å². The van der Waals surface area contributed by atoms with Crippen molar-refractivity contribution in [3.05, 3.63) is 64.4 Å². The van der Waals surface area contributed by atoms with Gasteiger partial charge in [-0.25, -0.2) is 15.4 Å². The first-order valence-corrected chi connectivity index (χ1v) is 10.4. The molecular weight excluding hydrogens is 469 g/mol. The molecule has 9 nitrogen and oxygen atoms in total. The van der Waals surface area contributed by atoms with E-state index >= 15 is 0 Å². The molecule has 0 atom stereocenters. The van der Waals surface area contributed by atoms with E-state index in [1.807, 2.05) is 0 Å². The van der Waals surface area contributed by atoms with E-state index in [2.05, 4.69) is 20.8 Å². The highest BCUT2D eigenvalue weighted by Gasteiger charge is 2.26. The third-order valence-electron chi connectivity index (χ3n) is 4.82. The van der Waals surface area contributed by atoms with Gasteiger partial charge >= 0.3 is 0 Å². The van der Waals surface area contributed by atoms with Crippen LogP contribution in [0.1, 0.15) is 10.4 Å². The summed E-state index contributed by atoms with van der Waals surface area (Å²) in [7, 11) is 4.33. The van der Waals surface area contributed by atoms with Crippen LogP contribution in [0.2, 0.25) is 10.0 Å². The van der Waals surface area contributed by atoms with Crippen molar-refractivity contribution in [2.75, 3.05) is 26.6 Å². The van der Waals surface area contributed by atoms with Gasteiger partial charge in [0.15, 0.2) is 0 Å². The highest BCUT2D eigenvalue weighted by molar-refractivity contribution is 6.39. The molecule has 0 fully saturated rings. The number of rotatable bonds is 7. The lowest BCUT2D eigenvalue weighted by atomic mass is 10.0. The van der Waals surface area contributed by atoms with E-state index in [1.54, 1.807) is 53.2 Å². The number of amides is 1. The molecule has 1 amide bonds. The number of aromatic nitrogens is 3. The first-order valence-electron chi connectivity index (χ1n) is 9.62. The Labute approximate surface area is 199 Å². The van der Waals surface area contributed by atoms with Gasteiger partial charge in [-0.05, 0) is 24.3 Å². The van der Waals surface area contributed by atoms with Gasteiger partial charge in [0, 0.05) is 18.5 Å². The minimum Gasteiger partial charge on any atom is -0.497 e. The largest absolute Gasteiger partial charge is 0.497 e. The Morgan fingerprint density at radius 1 is 1.06 bits per heavy atom. The molecule has 0 unspecified atom stereocenters. The number of hydrogen-bond acceptors (Lipinski definition) is 7. The van der Waals surface area contributed by atoms with Crippen LogP contribution in [0.4, 0.5) is 11.5 Å². The predicted molar refractivity (Wildman–Crippen MR) is 126 cm³/mol. The van der Waals surface area contributed by atoms with Crippen LogP contribution in [0, 0.1) is 0 Å². The van der Waals surface area contributed by atoms with Crippen molar-refractivity contribution in [1.29, 1.82) is 0 Å². The molecule has 0 radical (unpaired) electrons. The lowest BCUT2D eigenvalue weighted by Crippen LogP contribution is -2.23.